The van der Waals surface area contributed by atoms with Crippen molar-refractivity contribution >= 4 is 80.7 Å². The van der Waals surface area contributed by atoms with Crippen molar-refractivity contribution in [1.82, 2.24) is 20.2 Å². The second kappa shape index (κ2) is 10.3. The van der Waals surface area contributed by atoms with Crippen molar-refractivity contribution in [2.75, 3.05) is 18.0 Å². The zero-order valence-corrected chi connectivity index (χ0v) is 22.2. The first-order valence-electron chi connectivity index (χ1n) is 8.94. The van der Waals surface area contributed by atoms with Crippen LogP contribution in [0.5, 0.6) is 0 Å². The Balaban J connectivity index is 0.00000204. The van der Waals surface area contributed by atoms with E-state index in [-0.39, 0.29) is 65.0 Å². The molecule has 2 aliphatic heterocycles. The number of oxime groups is 1. The Morgan fingerprint density at radius 2 is 2.21 bits per heavy atom. The summed E-state index contributed by atoms with van der Waals surface area (Å²) in [5, 5.41) is 26.1. The average Bonchev–Trinajstić information content (AvgIpc) is 3.38. The summed E-state index contributed by atoms with van der Waals surface area (Å²) in [5.41, 5.74) is 5.51. The molecule has 2 fully saturated rings. The normalized spacial score (nSPS) is 24.7. The van der Waals surface area contributed by atoms with Crippen LogP contribution in [-0.4, -0.2) is 72.4 Å². The van der Waals surface area contributed by atoms with E-state index in [0.717, 1.165) is 11.3 Å². The number of carboxylic acid groups (broad SMARTS) is 1. The van der Waals surface area contributed by atoms with E-state index in [1.165, 1.54) is 39.5 Å². The first-order chi connectivity index (χ1) is 15.3. The Hall–Kier alpha value is -1.68. The number of carboxylic acids is 1. The van der Waals surface area contributed by atoms with E-state index in [2.05, 4.69) is 20.4 Å². The zero-order chi connectivity index (χ0) is 23.0. The molecule has 170 valence electrons. The number of aliphatic carboxylic acids is 1. The fourth-order valence-electron chi connectivity index (χ4n) is 3.30. The van der Waals surface area contributed by atoms with Gasteiger partial charge in [-0.05, 0) is 6.08 Å². The Bertz CT molecular complexity index is 1160. The van der Waals surface area contributed by atoms with Crippen molar-refractivity contribution in [2.45, 2.75) is 11.4 Å². The number of β-lactam (4-membered cyclic amide) rings is 1. The van der Waals surface area contributed by atoms with Crippen LogP contribution >= 0.6 is 46.0 Å². The van der Waals surface area contributed by atoms with Gasteiger partial charge in [0, 0.05) is 17.7 Å². The maximum absolute atomic E-state index is 12.7. The van der Waals surface area contributed by atoms with Crippen molar-refractivity contribution in [3.63, 3.8) is 0 Å². The monoisotopic (exact) mass is 538 g/mol. The number of amides is 2. The van der Waals surface area contributed by atoms with Crippen molar-refractivity contribution in [1.29, 1.82) is 0 Å². The predicted octanol–water partition coefficient (Wildman–Crippen LogP) is -1.69. The van der Waals surface area contributed by atoms with E-state index >= 15 is 0 Å². The summed E-state index contributed by atoms with van der Waals surface area (Å²) in [6.07, 6.45) is 3.13. The number of thioether (sulfide) groups is 1. The van der Waals surface area contributed by atoms with Gasteiger partial charge in [-0.3, -0.25) is 14.4 Å². The minimum Gasteiger partial charge on any atom is -1.00 e. The molecule has 2 amide bonds. The Labute approximate surface area is 227 Å². The molecule has 11 nitrogen and oxygen atoms in total. The number of nitrogens with one attached hydrogen (secondary N) is 1. The van der Waals surface area contributed by atoms with Crippen molar-refractivity contribution in [2.24, 2.45) is 10.6 Å². The summed E-state index contributed by atoms with van der Waals surface area (Å²) in [6.45, 7) is -0.0539. The molecule has 2 aliphatic rings. The number of carbonyl (C=O) groups is 3. The van der Waals surface area contributed by atoms with Crippen LogP contribution < -0.4 is 40.6 Å². The van der Waals surface area contributed by atoms with Gasteiger partial charge in [-0.15, -0.1) is 34.4 Å². The molecule has 16 heteroatoms. The number of nitrogens with two attached hydrogens (primary N) is 1. The van der Waals surface area contributed by atoms with Gasteiger partial charge in [-0.25, -0.2) is 9.97 Å². The van der Waals surface area contributed by atoms with Crippen molar-refractivity contribution in [3.8, 4) is 0 Å². The summed E-state index contributed by atoms with van der Waals surface area (Å²) in [7, 11) is 0. The van der Waals surface area contributed by atoms with Crippen LogP contribution in [0.25, 0.3) is 6.08 Å². The fourth-order valence-corrected chi connectivity index (χ4v) is 6.23. The van der Waals surface area contributed by atoms with E-state index in [0.29, 0.717) is 4.88 Å². The Morgan fingerprint density at radius 1 is 1.45 bits per heavy atom. The Morgan fingerprint density at radius 3 is 2.79 bits per heavy atom. The molecular weight excluding hydrogens is 523 g/mol. The number of hydrogen-bond acceptors (Lipinski definition) is 11. The van der Waals surface area contributed by atoms with Gasteiger partial charge < -0.3 is 27.7 Å². The van der Waals surface area contributed by atoms with E-state index in [1.54, 1.807) is 11.6 Å². The number of rotatable bonds is 6. The maximum Gasteiger partial charge on any atom is 1.00 e. The standard InChI is InChI=1S/C17H15ClN6O5S3.Na.H/c18-11-8(32-6-20-11)1-2-17(15(27)28)4-24-13(26)10(14(24)31-5-17)22-12(25)9(23-29)7-3-30-16(19)21-7;;/h1-3,6,10,14,29H,4-5H2,(H2,19,21)(H,22,25)(H,27,28);;/q;+1;-1/t10?,14-,17?;;/m1../s1. The molecule has 0 radical (unpaired) electrons. The molecule has 0 aliphatic carbocycles. The molecule has 2 aromatic rings. The van der Waals surface area contributed by atoms with E-state index in [1.807, 2.05) is 0 Å². The number of nitrogen functional groups attached to an aromatic ring is 1. The first kappa shape index (κ1) is 25.9. The van der Waals surface area contributed by atoms with Crippen LogP contribution in [0, 0.1) is 5.41 Å². The van der Waals surface area contributed by atoms with Crippen molar-refractivity contribution in [3.05, 3.63) is 32.7 Å². The van der Waals surface area contributed by atoms with Crippen LogP contribution in [0.4, 0.5) is 5.13 Å². The van der Waals surface area contributed by atoms with Crippen LogP contribution in [0.3, 0.4) is 0 Å². The average molecular weight is 539 g/mol. The summed E-state index contributed by atoms with van der Waals surface area (Å²) in [4.78, 5) is 47.1. The zero-order valence-electron chi connectivity index (χ0n) is 18.0. The van der Waals surface area contributed by atoms with Gasteiger partial charge >= 0.3 is 35.5 Å². The van der Waals surface area contributed by atoms with Crippen molar-refractivity contribution < 1.29 is 55.7 Å². The molecule has 0 spiro atoms. The minimum atomic E-state index is -1.31. The molecule has 0 bridgehead atoms. The van der Waals surface area contributed by atoms with E-state index in [4.69, 9.17) is 17.3 Å². The second-order valence-corrected chi connectivity index (χ2v) is 10.2. The second-order valence-electron chi connectivity index (χ2n) is 6.94. The number of halogens is 1. The number of fused-ring (bicyclic) bond motifs is 1. The van der Waals surface area contributed by atoms with Gasteiger partial charge in [0.25, 0.3) is 5.91 Å². The topological polar surface area (TPSA) is 171 Å². The van der Waals surface area contributed by atoms with Gasteiger partial charge in [-0.1, -0.05) is 22.8 Å². The summed E-state index contributed by atoms with van der Waals surface area (Å²) in [5.74, 6) is -2.11. The van der Waals surface area contributed by atoms with E-state index < -0.39 is 34.6 Å². The number of thiazole rings is 2. The van der Waals surface area contributed by atoms with Gasteiger partial charge in [0.2, 0.25) is 5.91 Å². The third kappa shape index (κ3) is 4.92. The summed E-state index contributed by atoms with van der Waals surface area (Å²) >= 11 is 9.56. The summed E-state index contributed by atoms with van der Waals surface area (Å²) in [6, 6.07) is -0.882. The smallest absolute Gasteiger partial charge is 1.00 e. The molecule has 2 unspecified atom stereocenters. The third-order valence-electron chi connectivity index (χ3n) is 5.00. The van der Waals surface area contributed by atoms with Gasteiger partial charge in [-0.2, -0.15) is 0 Å². The molecule has 33 heavy (non-hydrogen) atoms. The van der Waals surface area contributed by atoms with Gasteiger partial charge in [0.1, 0.15) is 27.7 Å². The van der Waals surface area contributed by atoms with Crippen LogP contribution in [0.15, 0.2) is 22.1 Å². The molecule has 0 aromatic carbocycles. The number of nitrogens with zero attached hydrogens (tertiary/aromatic N) is 4. The first-order valence-corrected chi connectivity index (χ1v) is 12.1. The predicted molar refractivity (Wildman–Crippen MR) is 122 cm³/mol. The Kier molecular flexibility index (Phi) is 8.09. The molecule has 3 atom stereocenters. The molecular formula is C17H16ClN6NaO5S3. The number of carbonyl (C=O) groups excluding carboxylic acids is 2. The van der Waals surface area contributed by atoms with Crippen LogP contribution in [-0.2, 0) is 14.4 Å². The molecule has 2 saturated heterocycles. The molecule has 0 saturated carbocycles. The van der Waals surface area contributed by atoms with Gasteiger partial charge in [0.15, 0.2) is 10.8 Å². The quantitative estimate of drug-likeness (QED) is 0.110. The SMILES string of the molecule is Nc1nc(C(=NO)C(=O)NC2C(=O)N3CC(C=Cc4scnc4Cl)(C(=O)O)CS[C@H]23)cs1.[H-].[Na+]. The van der Waals surface area contributed by atoms with Crippen LogP contribution in [0.1, 0.15) is 12.0 Å². The molecule has 4 rings (SSSR count). The van der Waals surface area contributed by atoms with Crippen LogP contribution in [0.2, 0.25) is 5.15 Å². The maximum atomic E-state index is 12.7. The number of aromatic nitrogens is 2. The van der Waals surface area contributed by atoms with Gasteiger partial charge in [0.05, 0.1) is 10.4 Å². The largest absolute Gasteiger partial charge is 1.00 e. The summed E-state index contributed by atoms with van der Waals surface area (Å²) < 4.78 is 0. The number of hydrogen-bond donors (Lipinski definition) is 4. The van der Waals surface area contributed by atoms with E-state index in [9.17, 15) is 24.7 Å². The molecule has 4 heterocycles. The third-order valence-corrected chi connectivity index (χ3v) is 8.43. The molecule has 5 N–H and O–H groups in total. The number of anilines is 1. The fraction of sp³-hybridized carbons (Fsp3) is 0.294. The molecule has 2 aromatic heterocycles. The minimum absolute atomic E-state index is 0.